The van der Waals surface area contributed by atoms with Crippen molar-refractivity contribution in [2.45, 2.75) is 39.0 Å². The second-order valence-corrected chi connectivity index (χ2v) is 5.27. The molecule has 0 aromatic heterocycles. The SMILES string of the molecule is CCCCCCC=NNc1c(Cl)cc(Cl)cc1Cl. The molecule has 0 heterocycles. The first-order valence-electron chi connectivity index (χ1n) is 6.07. The minimum absolute atomic E-state index is 0.468. The molecule has 1 rings (SSSR count). The molecule has 5 heteroatoms. The monoisotopic (exact) mass is 306 g/mol. The largest absolute Gasteiger partial charge is 0.276 e. The van der Waals surface area contributed by atoms with E-state index in [9.17, 15) is 0 Å². The van der Waals surface area contributed by atoms with Gasteiger partial charge in [-0.2, -0.15) is 5.10 Å². The molecule has 100 valence electrons. The van der Waals surface area contributed by atoms with Crippen molar-refractivity contribution in [2.24, 2.45) is 5.10 Å². The standard InChI is InChI=1S/C13H17Cl3N2/c1-2-3-4-5-6-7-17-18-13-11(15)8-10(14)9-12(13)16/h7-9,18H,2-6H2,1H3. The smallest absolute Gasteiger partial charge is 0.0935 e. The number of benzene rings is 1. The van der Waals surface area contributed by atoms with Crippen LogP contribution in [-0.4, -0.2) is 6.21 Å². The van der Waals surface area contributed by atoms with E-state index in [0.29, 0.717) is 20.8 Å². The van der Waals surface area contributed by atoms with Gasteiger partial charge < -0.3 is 0 Å². The lowest BCUT2D eigenvalue weighted by molar-refractivity contribution is 0.685. The van der Waals surface area contributed by atoms with Crippen LogP contribution >= 0.6 is 34.8 Å². The van der Waals surface area contributed by atoms with Crippen LogP contribution in [0.1, 0.15) is 39.0 Å². The zero-order chi connectivity index (χ0) is 13.4. The van der Waals surface area contributed by atoms with Crippen molar-refractivity contribution in [1.29, 1.82) is 0 Å². The summed E-state index contributed by atoms with van der Waals surface area (Å²) >= 11 is 17.8. The summed E-state index contributed by atoms with van der Waals surface area (Å²) in [6.45, 7) is 2.19. The number of hydrogen-bond donors (Lipinski definition) is 1. The Morgan fingerprint density at radius 2 is 1.78 bits per heavy atom. The minimum atomic E-state index is 0.468. The first-order chi connectivity index (χ1) is 8.65. The molecule has 0 saturated heterocycles. The zero-order valence-electron chi connectivity index (χ0n) is 10.3. The quantitative estimate of drug-likeness (QED) is 0.372. The molecular formula is C13H17Cl3N2. The molecule has 0 fully saturated rings. The molecule has 2 nitrogen and oxygen atoms in total. The van der Waals surface area contributed by atoms with Gasteiger partial charge in [0.1, 0.15) is 0 Å². The van der Waals surface area contributed by atoms with Gasteiger partial charge in [0.05, 0.1) is 15.7 Å². The Bertz CT molecular complexity index is 382. The van der Waals surface area contributed by atoms with Crippen LogP contribution in [-0.2, 0) is 0 Å². The third-order valence-electron chi connectivity index (χ3n) is 2.46. The van der Waals surface area contributed by atoms with E-state index in [1.54, 1.807) is 12.1 Å². The molecular weight excluding hydrogens is 291 g/mol. The van der Waals surface area contributed by atoms with E-state index < -0.39 is 0 Å². The predicted molar refractivity (Wildman–Crippen MR) is 82.3 cm³/mol. The van der Waals surface area contributed by atoms with Crippen LogP contribution in [0.2, 0.25) is 15.1 Å². The Balaban J connectivity index is 2.41. The molecule has 0 aliphatic heterocycles. The number of anilines is 1. The van der Waals surface area contributed by atoms with E-state index in [1.807, 2.05) is 6.21 Å². The fraction of sp³-hybridized carbons (Fsp3) is 0.462. The molecule has 1 N–H and O–H groups in total. The Morgan fingerprint density at radius 3 is 2.39 bits per heavy atom. The number of rotatable bonds is 7. The van der Waals surface area contributed by atoms with E-state index in [1.165, 1.54) is 19.3 Å². The second kappa shape index (κ2) is 8.63. The van der Waals surface area contributed by atoms with Gasteiger partial charge in [-0.1, -0.05) is 61.0 Å². The number of nitrogens with one attached hydrogen (secondary N) is 1. The molecule has 0 saturated carbocycles. The van der Waals surface area contributed by atoms with Gasteiger partial charge in [0.15, 0.2) is 0 Å². The molecule has 0 spiro atoms. The molecule has 0 radical (unpaired) electrons. The third kappa shape index (κ3) is 5.47. The summed E-state index contributed by atoms with van der Waals surface area (Å²) < 4.78 is 0. The van der Waals surface area contributed by atoms with Crippen LogP contribution in [0.25, 0.3) is 0 Å². The van der Waals surface area contributed by atoms with Gasteiger partial charge in [-0.25, -0.2) is 0 Å². The van der Waals surface area contributed by atoms with Crippen molar-refractivity contribution >= 4 is 46.7 Å². The number of unbranched alkanes of at least 4 members (excludes halogenated alkanes) is 4. The van der Waals surface area contributed by atoms with Gasteiger partial charge in [0, 0.05) is 11.2 Å². The highest BCUT2D eigenvalue weighted by atomic mass is 35.5. The van der Waals surface area contributed by atoms with Gasteiger partial charge >= 0.3 is 0 Å². The average Bonchev–Trinajstić information content (AvgIpc) is 2.30. The summed E-state index contributed by atoms with van der Waals surface area (Å²) in [7, 11) is 0. The zero-order valence-corrected chi connectivity index (χ0v) is 12.6. The number of hydrazone groups is 1. The highest BCUT2D eigenvalue weighted by Gasteiger charge is 2.06. The van der Waals surface area contributed by atoms with E-state index >= 15 is 0 Å². The lowest BCUT2D eigenvalue weighted by atomic mass is 10.2. The summed E-state index contributed by atoms with van der Waals surface area (Å²) in [5, 5.41) is 5.55. The first-order valence-corrected chi connectivity index (χ1v) is 7.20. The maximum atomic E-state index is 6.01. The van der Waals surface area contributed by atoms with Crippen LogP contribution in [0.5, 0.6) is 0 Å². The van der Waals surface area contributed by atoms with Crippen molar-refractivity contribution < 1.29 is 0 Å². The molecule has 1 aromatic carbocycles. The van der Waals surface area contributed by atoms with Gasteiger partial charge in [-0.3, -0.25) is 5.43 Å². The summed E-state index contributed by atoms with van der Waals surface area (Å²) in [6.07, 6.45) is 7.71. The Morgan fingerprint density at radius 1 is 1.11 bits per heavy atom. The number of halogens is 3. The first kappa shape index (κ1) is 15.6. The van der Waals surface area contributed by atoms with Crippen molar-refractivity contribution in [2.75, 3.05) is 5.43 Å². The van der Waals surface area contributed by atoms with Crippen LogP contribution in [0, 0.1) is 0 Å². The molecule has 18 heavy (non-hydrogen) atoms. The lowest BCUT2D eigenvalue weighted by Gasteiger charge is -2.06. The van der Waals surface area contributed by atoms with E-state index in [2.05, 4.69) is 17.5 Å². The van der Waals surface area contributed by atoms with Crippen LogP contribution in [0.15, 0.2) is 17.2 Å². The highest BCUT2D eigenvalue weighted by Crippen LogP contribution is 2.33. The maximum absolute atomic E-state index is 6.01. The highest BCUT2D eigenvalue weighted by molar-refractivity contribution is 6.41. The molecule has 0 amide bonds. The van der Waals surface area contributed by atoms with Crippen LogP contribution in [0.3, 0.4) is 0 Å². The van der Waals surface area contributed by atoms with Gasteiger partial charge in [-0.05, 0) is 25.0 Å². The second-order valence-electron chi connectivity index (χ2n) is 4.02. The third-order valence-corrected chi connectivity index (χ3v) is 3.28. The Labute approximate surface area is 123 Å². The molecule has 1 aromatic rings. The van der Waals surface area contributed by atoms with E-state index in [-0.39, 0.29) is 0 Å². The molecule has 0 atom stereocenters. The molecule has 0 unspecified atom stereocenters. The van der Waals surface area contributed by atoms with Crippen LogP contribution in [0.4, 0.5) is 5.69 Å². The van der Waals surface area contributed by atoms with Gasteiger partial charge in [-0.15, -0.1) is 0 Å². The summed E-state index contributed by atoms with van der Waals surface area (Å²) in [6, 6.07) is 3.27. The van der Waals surface area contributed by atoms with E-state index in [4.69, 9.17) is 34.8 Å². The van der Waals surface area contributed by atoms with Crippen molar-refractivity contribution in [3.8, 4) is 0 Å². The molecule has 0 bridgehead atoms. The number of nitrogens with zero attached hydrogens (tertiary/aromatic N) is 1. The van der Waals surface area contributed by atoms with Crippen molar-refractivity contribution in [3.63, 3.8) is 0 Å². The fourth-order valence-corrected chi connectivity index (χ4v) is 2.39. The minimum Gasteiger partial charge on any atom is -0.276 e. The maximum Gasteiger partial charge on any atom is 0.0935 e. The summed E-state index contributed by atoms with van der Waals surface area (Å²) in [4.78, 5) is 0. The van der Waals surface area contributed by atoms with E-state index in [0.717, 1.165) is 12.8 Å². The van der Waals surface area contributed by atoms with Gasteiger partial charge in [0.2, 0.25) is 0 Å². The summed E-state index contributed by atoms with van der Waals surface area (Å²) in [5.41, 5.74) is 3.44. The fourth-order valence-electron chi connectivity index (χ4n) is 1.49. The average molecular weight is 308 g/mol. The van der Waals surface area contributed by atoms with Gasteiger partial charge in [0.25, 0.3) is 0 Å². The Hall–Kier alpha value is -0.440. The molecule has 0 aliphatic carbocycles. The summed E-state index contributed by atoms with van der Waals surface area (Å²) in [5.74, 6) is 0. The van der Waals surface area contributed by atoms with Crippen LogP contribution < -0.4 is 5.43 Å². The van der Waals surface area contributed by atoms with Crippen molar-refractivity contribution in [1.82, 2.24) is 0 Å². The normalized spacial score (nSPS) is 11.1. The Kier molecular flexibility index (Phi) is 7.48. The lowest BCUT2D eigenvalue weighted by Crippen LogP contribution is -1.92. The topological polar surface area (TPSA) is 24.4 Å². The number of hydrogen-bond acceptors (Lipinski definition) is 2. The predicted octanol–water partition coefficient (Wildman–Crippen LogP) is 6.01. The molecule has 0 aliphatic rings. The van der Waals surface area contributed by atoms with Crippen molar-refractivity contribution in [3.05, 3.63) is 27.2 Å².